The van der Waals surface area contributed by atoms with Gasteiger partial charge in [0.1, 0.15) is 22.9 Å². The first-order chi connectivity index (χ1) is 9.38. The Morgan fingerprint density at radius 1 is 1.35 bits per heavy atom. The number of aromatic nitrogens is 1. The van der Waals surface area contributed by atoms with Gasteiger partial charge in [-0.25, -0.2) is 9.78 Å². The Hall–Kier alpha value is -2.30. The molecule has 2 rings (SSSR count). The molecule has 0 fully saturated rings. The summed E-state index contributed by atoms with van der Waals surface area (Å²) in [6, 6.07) is 5.54. The van der Waals surface area contributed by atoms with Gasteiger partial charge in [0.2, 0.25) is 0 Å². The van der Waals surface area contributed by atoms with Gasteiger partial charge in [0.05, 0.1) is 6.54 Å². The molecule has 2 aromatic heterocycles. The Morgan fingerprint density at radius 3 is 2.60 bits per heavy atom. The summed E-state index contributed by atoms with van der Waals surface area (Å²) in [4.78, 5) is 17.6. The van der Waals surface area contributed by atoms with Crippen molar-refractivity contribution < 1.29 is 14.3 Å². The number of aryl methyl sites for hydroxylation is 3. The summed E-state index contributed by atoms with van der Waals surface area (Å²) in [5.74, 6) is 1.11. The molecule has 0 aromatic carbocycles. The van der Waals surface area contributed by atoms with Crippen molar-refractivity contribution in [2.75, 3.05) is 11.9 Å². The molecule has 5 nitrogen and oxygen atoms in total. The van der Waals surface area contributed by atoms with Crippen LogP contribution in [-0.4, -0.2) is 23.1 Å². The predicted octanol–water partition coefficient (Wildman–Crippen LogP) is 2.93. The molecule has 0 aliphatic carbocycles. The minimum Gasteiger partial charge on any atom is -0.478 e. The Balaban J connectivity index is 2.38. The molecule has 0 spiro atoms. The first-order valence-electron chi connectivity index (χ1n) is 6.36. The third-order valence-electron chi connectivity index (χ3n) is 3.09. The molecule has 0 atom stereocenters. The van der Waals surface area contributed by atoms with Crippen LogP contribution in [0.2, 0.25) is 0 Å². The van der Waals surface area contributed by atoms with Gasteiger partial charge >= 0.3 is 5.97 Å². The van der Waals surface area contributed by atoms with Crippen molar-refractivity contribution in [2.45, 2.75) is 27.3 Å². The summed E-state index contributed by atoms with van der Waals surface area (Å²) < 4.78 is 5.52. The maximum Gasteiger partial charge on any atom is 0.339 e. The lowest BCUT2D eigenvalue weighted by Gasteiger charge is -2.20. The minimum atomic E-state index is -0.965. The Kier molecular flexibility index (Phi) is 3.79. The molecule has 1 N–H and O–H groups in total. The van der Waals surface area contributed by atoms with E-state index in [-0.39, 0.29) is 5.56 Å². The van der Waals surface area contributed by atoms with Gasteiger partial charge in [-0.1, -0.05) is 0 Å². The predicted molar refractivity (Wildman–Crippen MR) is 76.2 cm³/mol. The average Bonchev–Trinajstić information content (AvgIpc) is 2.72. The first-order valence-corrected chi connectivity index (χ1v) is 6.36. The van der Waals surface area contributed by atoms with Crippen LogP contribution in [0.15, 0.2) is 22.6 Å². The van der Waals surface area contributed by atoms with Crippen molar-refractivity contribution in [2.24, 2.45) is 0 Å². The highest BCUT2D eigenvalue weighted by atomic mass is 16.4. The van der Waals surface area contributed by atoms with E-state index in [0.29, 0.717) is 17.9 Å². The largest absolute Gasteiger partial charge is 0.478 e. The van der Waals surface area contributed by atoms with Gasteiger partial charge in [-0.3, -0.25) is 0 Å². The van der Waals surface area contributed by atoms with Crippen molar-refractivity contribution in [1.29, 1.82) is 0 Å². The monoisotopic (exact) mass is 274 g/mol. The van der Waals surface area contributed by atoms with Crippen LogP contribution in [0.1, 0.15) is 33.1 Å². The summed E-state index contributed by atoms with van der Waals surface area (Å²) in [5.41, 5.74) is 1.74. The normalized spacial score (nSPS) is 10.6. The highest BCUT2D eigenvalue weighted by Gasteiger charge is 2.19. The second-order valence-corrected chi connectivity index (χ2v) is 4.95. The van der Waals surface area contributed by atoms with Gasteiger partial charge in [-0.05, 0) is 44.5 Å². The van der Waals surface area contributed by atoms with Crippen molar-refractivity contribution >= 4 is 11.8 Å². The second kappa shape index (κ2) is 5.36. The summed E-state index contributed by atoms with van der Waals surface area (Å²) in [5, 5.41) is 9.37. The molecule has 0 unspecified atom stereocenters. The molecule has 0 aliphatic rings. The van der Waals surface area contributed by atoms with E-state index >= 15 is 0 Å². The molecule has 2 heterocycles. The van der Waals surface area contributed by atoms with Gasteiger partial charge in [0.25, 0.3) is 0 Å². The topological polar surface area (TPSA) is 66.6 Å². The number of furan rings is 1. The maximum absolute atomic E-state index is 11.4. The zero-order valence-corrected chi connectivity index (χ0v) is 12.1. The maximum atomic E-state index is 11.4. The van der Waals surface area contributed by atoms with Crippen molar-refractivity contribution in [1.82, 2.24) is 4.98 Å². The van der Waals surface area contributed by atoms with E-state index in [1.165, 1.54) is 0 Å². The number of rotatable bonds is 4. The van der Waals surface area contributed by atoms with Crippen LogP contribution in [0.5, 0.6) is 0 Å². The number of anilines is 1. The number of pyridine rings is 1. The van der Waals surface area contributed by atoms with Crippen LogP contribution in [0.4, 0.5) is 5.82 Å². The van der Waals surface area contributed by atoms with Crippen LogP contribution in [-0.2, 0) is 6.54 Å². The van der Waals surface area contributed by atoms with Gasteiger partial charge in [-0.15, -0.1) is 0 Å². The van der Waals surface area contributed by atoms with Gasteiger partial charge in [-0.2, -0.15) is 0 Å². The molecule has 2 aromatic rings. The first kappa shape index (κ1) is 14.1. The molecule has 0 saturated carbocycles. The number of aromatic carboxylic acids is 1. The molecule has 5 heteroatoms. The van der Waals surface area contributed by atoms with E-state index in [9.17, 15) is 9.90 Å². The second-order valence-electron chi connectivity index (χ2n) is 4.95. The fourth-order valence-electron chi connectivity index (χ4n) is 2.24. The van der Waals surface area contributed by atoms with E-state index < -0.39 is 5.97 Å². The van der Waals surface area contributed by atoms with Crippen LogP contribution in [0, 0.1) is 20.8 Å². The molecule has 0 bridgehead atoms. The summed E-state index contributed by atoms with van der Waals surface area (Å²) in [6.07, 6.45) is 0. The number of carboxylic acids is 1. The highest BCUT2D eigenvalue weighted by molar-refractivity contribution is 5.95. The number of carbonyl (C=O) groups is 1. The number of nitrogens with zero attached hydrogens (tertiary/aromatic N) is 2. The Morgan fingerprint density at radius 2 is 2.05 bits per heavy atom. The van der Waals surface area contributed by atoms with Crippen LogP contribution in [0.3, 0.4) is 0 Å². The minimum absolute atomic E-state index is 0.237. The lowest BCUT2D eigenvalue weighted by atomic mass is 10.1. The lowest BCUT2D eigenvalue weighted by Crippen LogP contribution is -2.21. The molecular weight excluding hydrogens is 256 g/mol. The standard InChI is InChI=1S/C15H18N2O3/c1-9-7-10(2)16-14(13(9)15(18)19)17(4)8-12-6-5-11(3)20-12/h5-7H,8H2,1-4H3,(H,18,19). The molecule has 0 saturated heterocycles. The van der Waals surface area contributed by atoms with E-state index in [1.807, 2.05) is 33.0 Å². The van der Waals surface area contributed by atoms with Crippen molar-refractivity contribution in [3.63, 3.8) is 0 Å². The summed E-state index contributed by atoms with van der Waals surface area (Å²) >= 11 is 0. The van der Waals surface area contributed by atoms with Crippen LogP contribution in [0.25, 0.3) is 0 Å². The quantitative estimate of drug-likeness (QED) is 0.928. The fraction of sp³-hybridized carbons (Fsp3) is 0.333. The van der Waals surface area contributed by atoms with Crippen LogP contribution < -0.4 is 4.90 Å². The average molecular weight is 274 g/mol. The summed E-state index contributed by atoms with van der Waals surface area (Å²) in [6.45, 7) is 5.99. The third kappa shape index (κ3) is 2.82. The highest BCUT2D eigenvalue weighted by Crippen LogP contribution is 2.23. The molecule has 0 aliphatic heterocycles. The third-order valence-corrected chi connectivity index (χ3v) is 3.09. The van der Waals surface area contributed by atoms with E-state index in [0.717, 1.165) is 17.2 Å². The molecule has 20 heavy (non-hydrogen) atoms. The Bertz CT molecular complexity index is 647. The molecular formula is C15H18N2O3. The fourth-order valence-corrected chi connectivity index (χ4v) is 2.24. The number of hydrogen-bond acceptors (Lipinski definition) is 4. The SMILES string of the molecule is Cc1cc(C)c(C(=O)O)c(N(C)Cc2ccc(C)o2)n1. The molecule has 0 radical (unpaired) electrons. The number of hydrogen-bond donors (Lipinski definition) is 1. The van der Waals surface area contributed by atoms with Gasteiger partial charge in [0.15, 0.2) is 0 Å². The van der Waals surface area contributed by atoms with Crippen molar-refractivity contribution in [3.05, 3.63) is 46.5 Å². The Labute approximate surface area is 117 Å². The van der Waals surface area contributed by atoms with E-state index in [2.05, 4.69) is 4.98 Å². The molecule has 106 valence electrons. The van der Waals surface area contributed by atoms with Gasteiger partial charge < -0.3 is 14.4 Å². The van der Waals surface area contributed by atoms with Gasteiger partial charge in [0, 0.05) is 12.7 Å². The smallest absolute Gasteiger partial charge is 0.339 e. The molecule has 0 amide bonds. The van der Waals surface area contributed by atoms with Crippen molar-refractivity contribution in [3.8, 4) is 0 Å². The van der Waals surface area contributed by atoms with E-state index in [1.54, 1.807) is 17.9 Å². The number of carboxylic acid groups (broad SMARTS) is 1. The zero-order chi connectivity index (χ0) is 14.9. The van der Waals surface area contributed by atoms with Crippen LogP contribution >= 0.6 is 0 Å². The lowest BCUT2D eigenvalue weighted by molar-refractivity contribution is 0.0696. The zero-order valence-electron chi connectivity index (χ0n) is 12.1. The summed E-state index contributed by atoms with van der Waals surface area (Å²) in [7, 11) is 1.81. The van der Waals surface area contributed by atoms with E-state index in [4.69, 9.17) is 4.42 Å².